The summed E-state index contributed by atoms with van der Waals surface area (Å²) in [7, 11) is 2.23. The van der Waals surface area contributed by atoms with Crippen LogP contribution in [0, 0.1) is 12.8 Å². The third-order valence-corrected chi connectivity index (χ3v) is 4.73. The van der Waals surface area contributed by atoms with Gasteiger partial charge in [-0.05, 0) is 33.2 Å². The van der Waals surface area contributed by atoms with Gasteiger partial charge in [0.1, 0.15) is 0 Å². The Labute approximate surface area is 108 Å². The van der Waals surface area contributed by atoms with Crippen LogP contribution in [0.5, 0.6) is 0 Å². The van der Waals surface area contributed by atoms with Crippen molar-refractivity contribution in [1.29, 1.82) is 0 Å². The number of piperidine rings is 1. The minimum absolute atomic E-state index is 0.642. The van der Waals surface area contributed by atoms with Gasteiger partial charge in [-0.25, -0.2) is 4.98 Å². The molecule has 2 heterocycles. The predicted molar refractivity (Wildman–Crippen MR) is 73.4 cm³/mol. The lowest BCUT2D eigenvalue weighted by Gasteiger charge is -2.40. The monoisotopic (exact) mass is 253 g/mol. The van der Waals surface area contributed by atoms with Crippen molar-refractivity contribution in [3.8, 4) is 0 Å². The standard InChI is InChI=1S/C13H23N3S/c1-9-8-16(4)10(2)5-13(9)15-7-12-6-14-11(3)17-12/h6,9-10,13,15H,5,7-8H2,1-4H3. The van der Waals surface area contributed by atoms with E-state index in [9.17, 15) is 0 Å². The fraction of sp³-hybridized carbons (Fsp3) is 0.769. The van der Waals surface area contributed by atoms with Crippen molar-refractivity contribution >= 4 is 11.3 Å². The summed E-state index contributed by atoms with van der Waals surface area (Å²) in [4.78, 5) is 8.10. The first-order valence-electron chi connectivity index (χ1n) is 6.41. The molecular weight excluding hydrogens is 230 g/mol. The van der Waals surface area contributed by atoms with Gasteiger partial charge in [0.05, 0.1) is 5.01 Å². The molecule has 1 aliphatic heterocycles. The van der Waals surface area contributed by atoms with Gasteiger partial charge >= 0.3 is 0 Å². The third-order valence-electron chi connectivity index (χ3n) is 3.82. The minimum Gasteiger partial charge on any atom is -0.309 e. The Hall–Kier alpha value is -0.450. The highest BCUT2D eigenvalue weighted by Gasteiger charge is 2.28. The molecule has 3 atom stereocenters. The maximum Gasteiger partial charge on any atom is 0.0897 e. The zero-order chi connectivity index (χ0) is 12.4. The van der Waals surface area contributed by atoms with Crippen LogP contribution in [0.3, 0.4) is 0 Å². The van der Waals surface area contributed by atoms with Crippen LogP contribution in [0.15, 0.2) is 6.20 Å². The Morgan fingerprint density at radius 3 is 2.94 bits per heavy atom. The van der Waals surface area contributed by atoms with E-state index in [1.165, 1.54) is 17.8 Å². The topological polar surface area (TPSA) is 28.2 Å². The van der Waals surface area contributed by atoms with Crippen LogP contribution < -0.4 is 5.32 Å². The van der Waals surface area contributed by atoms with Crippen LogP contribution >= 0.6 is 11.3 Å². The number of rotatable bonds is 3. The maximum absolute atomic E-state index is 4.30. The summed E-state index contributed by atoms with van der Waals surface area (Å²) >= 11 is 1.79. The first-order valence-corrected chi connectivity index (χ1v) is 7.23. The van der Waals surface area contributed by atoms with E-state index in [-0.39, 0.29) is 0 Å². The average Bonchev–Trinajstić information content (AvgIpc) is 2.68. The molecule has 0 aromatic carbocycles. The molecule has 0 radical (unpaired) electrons. The summed E-state index contributed by atoms with van der Waals surface area (Å²) in [5.41, 5.74) is 0. The molecule has 0 aliphatic carbocycles. The van der Waals surface area contributed by atoms with Gasteiger partial charge in [-0.2, -0.15) is 0 Å². The number of hydrogen-bond acceptors (Lipinski definition) is 4. The van der Waals surface area contributed by atoms with Gasteiger partial charge in [0, 0.05) is 36.2 Å². The molecule has 1 aromatic rings. The van der Waals surface area contributed by atoms with Gasteiger partial charge in [-0.15, -0.1) is 11.3 Å². The molecule has 3 nitrogen and oxygen atoms in total. The molecule has 0 saturated carbocycles. The summed E-state index contributed by atoms with van der Waals surface area (Å²) in [5, 5.41) is 4.85. The van der Waals surface area contributed by atoms with Gasteiger partial charge in [0.2, 0.25) is 0 Å². The second-order valence-corrected chi connectivity index (χ2v) is 6.65. The molecule has 96 valence electrons. The minimum atomic E-state index is 0.642. The molecule has 1 saturated heterocycles. The van der Waals surface area contributed by atoms with Crippen LogP contribution in [0.25, 0.3) is 0 Å². The van der Waals surface area contributed by atoms with E-state index in [4.69, 9.17) is 0 Å². The molecule has 1 aromatic heterocycles. The van der Waals surface area contributed by atoms with Crippen molar-refractivity contribution in [3.63, 3.8) is 0 Å². The SMILES string of the molecule is Cc1ncc(CNC2CC(C)N(C)CC2C)s1. The number of nitrogens with zero attached hydrogens (tertiary/aromatic N) is 2. The smallest absolute Gasteiger partial charge is 0.0897 e. The Bertz CT molecular complexity index is 363. The number of hydrogen-bond donors (Lipinski definition) is 1. The number of thiazole rings is 1. The molecule has 1 aliphatic rings. The van der Waals surface area contributed by atoms with Gasteiger partial charge in [0.15, 0.2) is 0 Å². The van der Waals surface area contributed by atoms with Crippen LogP contribution in [0.4, 0.5) is 0 Å². The number of aromatic nitrogens is 1. The van der Waals surface area contributed by atoms with Crippen molar-refractivity contribution in [3.05, 3.63) is 16.1 Å². The molecule has 3 unspecified atom stereocenters. The summed E-state index contributed by atoms with van der Waals surface area (Å²) in [5.74, 6) is 0.727. The van der Waals surface area contributed by atoms with E-state index in [1.807, 2.05) is 6.20 Å². The molecule has 1 N–H and O–H groups in total. The molecule has 1 fully saturated rings. The Morgan fingerprint density at radius 1 is 1.53 bits per heavy atom. The second kappa shape index (κ2) is 5.46. The summed E-state index contributed by atoms with van der Waals surface area (Å²) in [6.45, 7) is 8.89. The Morgan fingerprint density at radius 2 is 2.29 bits per heavy atom. The van der Waals surface area contributed by atoms with Crippen LogP contribution in [-0.2, 0) is 6.54 Å². The Balaban J connectivity index is 1.86. The van der Waals surface area contributed by atoms with Crippen LogP contribution in [0.1, 0.15) is 30.2 Å². The lowest BCUT2D eigenvalue weighted by Crippen LogP contribution is -2.50. The third kappa shape index (κ3) is 3.27. The quantitative estimate of drug-likeness (QED) is 0.895. The normalized spacial score (nSPS) is 30.7. The van der Waals surface area contributed by atoms with Crippen LogP contribution in [-0.4, -0.2) is 35.6 Å². The first kappa shape index (κ1) is 13.0. The van der Waals surface area contributed by atoms with E-state index in [0.717, 1.165) is 17.5 Å². The number of aryl methyl sites for hydroxylation is 1. The van der Waals surface area contributed by atoms with Gasteiger partial charge in [0.25, 0.3) is 0 Å². The summed E-state index contributed by atoms with van der Waals surface area (Å²) in [6, 6.07) is 1.33. The molecule has 4 heteroatoms. The number of nitrogens with one attached hydrogen (secondary N) is 1. The van der Waals surface area contributed by atoms with Crippen molar-refractivity contribution in [2.24, 2.45) is 5.92 Å². The first-order chi connectivity index (χ1) is 8.06. The van der Waals surface area contributed by atoms with E-state index in [0.29, 0.717) is 12.1 Å². The fourth-order valence-electron chi connectivity index (χ4n) is 2.54. The van der Waals surface area contributed by atoms with E-state index < -0.39 is 0 Å². The molecular formula is C13H23N3S. The maximum atomic E-state index is 4.30. The molecule has 0 bridgehead atoms. The molecule has 0 amide bonds. The average molecular weight is 253 g/mol. The van der Waals surface area contributed by atoms with E-state index in [1.54, 1.807) is 11.3 Å². The molecule has 2 rings (SSSR count). The zero-order valence-electron chi connectivity index (χ0n) is 11.2. The van der Waals surface area contributed by atoms with Gasteiger partial charge < -0.3 is 10.2 Å². The second-order valence-electron chi connectivity index (χ2n) is 5.33. The highest BCUT2D eigenvalue weighted by atomic mass is 32.1. The Kier molecular flexibility index (Phi) is 4.17. The largest absolute Gasteiger partial charge is 0.309 e. The summed E-state index contributed by atoms with van der Waals surface area (Å²) < 4.78 is 0. The van der Waals surface area contributed by atoms with Crippen molar-refractivity contribution in [2.75, 3.05) is 13.6 Å². The van der Waals surface area contributed by atoms with Crippen LogP contribution in [0.2, 0.25) is 0 Å². The predicted octanol–water partition coefficient (Wildman–Crippen LogP) is 2.27. The van der Waals surface area contributed by atoms with E-state index >= 15 is 0 Å². The van der Waals surface area contributed by atoms with Gasteiger partial charge in [-0.3, -0.25) is 0 Å². The molecule has 17 heavy (non-hydrogen) atoms. The fourth-order valence-corrected chi connectivity index (χ4v) is 3.29. The zero-order valence-corrected chi connectivity index (χ0v) is 12.0. The lowest BCUT2D eigenvalue weighted by molar-refractivity contribution is 0.121. The van der Waals surface area contributed by atoms with E-state index in [2.05, 4.69) is 43.0 Å². The lowest BCUT2D eigenvalue weighted by atomic mass is 9.90. The molecule has 0 spiro atoms. The number of likely N-dealkylation sites (tertiary alicyclic amines) is 1. The highest BCUT2D eigenvalue weighted by molar-refractivity contribution is 7.11. The van der Waals surface area contributed by atoms with Crippen molar-refractivity contribution in [1.82, 2.24) is 15.2 Å². The van der Waals surface area contributed by atoms with Crippen molar-refractivity contribution < 1.29 is 0 Å². The van der Waals surface area contributed by atoms with Gasteiger partial charge in [-0.1, -0.05) is 6.92 Å². The summed E-state index contributed by atoms with van der Waals surface area (Å²) in [6.07, 6.45) is 3.24. The highest BCUT2D eigenvalue weighted by Crippen LogP contribution is 2.21. The van der Waals surface area contributed by atoms with Crippen molar-refractivity contribution in [2.45, 2.75) is 45.8 Å².